The van der Waals surface area contributed by atoms with E-state index in [4.69, 9.17) is 9.47 Å². The number of rotatable bonds is 9. The van der Waals surface area contributed by atoms with Crippen molar-refractivity contribution in [3.05, 3.63) is 59.7 Å². The van der Waals surface area contributed by atoms with Crippen LogP contribution in [0.25, 0.3) is 0 Å². The van der Waals surface area contributed by atoms with Crippen LogP contribution < -0.4 is 14.8 Å². The van der Waals surface area contributed by atoms with E-state index < -0.39 is 6.04 Å². The Kier molecular flexibility index (Phi) is 7.71. The number of nitrogens with one attached hydrogen (secondary N) is 1. The van der Waals surface area contributed by atoms with Crippen LogP contribution in [0.5, 0.6) is 11.5 Å². The average Bonchev–Trinajstić information content (AvgIpc) is 2.79. The first-order valence-electron chi connectivity index (χ1n) is 10.6. The maximum Gasteiger partial charge on any atom is 0.242 e. The Labute approximate surface area is 178 Å². The molecule has 6 heteroatoms. The molecule has 0 radical (unpaired) electrons. The van der Waals surface area contributed by atoms with E-state index in [9.17, 15) is 9.59 Å². The first kappa shape index (κ1) is 21.7. The monoisotopic (exact) mass is 410 g/mol. The lowest BCUT2D eigenvalue weighted by atomic mass is 10.1. The number of hydrogen-bond donors (Lipinski definition) is 1. The number of fused-ring (bicyclic) bond motifs is 1. The SMILES string of the molecule is CCCNC(=O)[C@H](C)N(Cc1ccccc1)C(=O)CCc1ccc2c(c1)OCCO2. The van der Waals surface area contributed by atoms with Crippen molar-refractivity contribution in [3.63, 3.8) is 0 Å². The molecule has 1 N–H and O–H groups in total. The number of nitrogens with zero attached hydrogens (tertiary/aromatic N) is 1. The summed E-state index contributed by atoms with van der Waals surface area (Å²) in [6.45, 7) is 5.89. The highest BCUT2D eigenvalue weighted by Crippen LogP contribution is 2.31. The quantitative estimate of drug-likeness (QED) is 0.689. The summed E-state index contributed by atoms with van der Waals surface area (Å²) in [6.07, 6.45) is 1.75. The highest BCUT2D eigenvalue weighted by atomic mass is 16.6. The smallest absolute Gasteiger partial charge is 0.242 e. The molecule has 0 bridgehead atoms. The fraction of sp³-hybridized carbons (Fsp3) is 0.417. The molecule has 160 valence electrons. The molecule has 0 spiro atoms. The van der Waals surface area contributed by atoms with E-state index in [-0.39, 0.29) is 11.8 Å². The summed E-state index contributed by atoms with van der Waals surface area (Å²) in [7, 11) is 0. The molecule has 1 aliphatic heterocycles. The Balaban J connectivity index is 1.68. The predicted molar refractivity (Wildman–Crippen MR) is 116 cm³/mol. The number of ether oxygens (including phenoxy) is 2. The van der Waals surface area contributed by atoms with Gasteiger partial charge in [0.15, 0.2) is 11.5 Å². The third-order valence-electron chi connectivity index (χ3n) is 5.15. The Morgan fingerprint density at radius 2 is 1.77 bits per heavy atom. The van der Waals surface area contributed by atoms with Gasteiger partial charge in [-0.15, -0.1) is 0 Å². The Morgan fingerprint density at radius 1 is 1.03 bits per heavy atom. The zero-order valence-corrected chi connectivity index (χ0v) is 17.7. The van der Waals surface area contributed by atoms with Gasteiger partial charge in [-0.3, -0.25) is 9.59 Å². The molecular formula is C24H30N2O4. The van der Waals surface area contributed by atoms with Crippen molar-refractivity contribution in [2.24, 2.45) is 0 Å². The van der Waals surface area contributed by atoms with E-state index in [0.29, 0.717) is 39.1 Å². The van der Waals surface area contributed by atoms with Crippen LogP contribution >= 0.6 is 0 Å². The number of carbonyl (C=O) groups excluding carboxylic acids is 2. The van der Waals surface area contributed by atoms with Gasteiger partial charge < -0.3 is 19.7 Å². The molecule has 0 fully saturated rings. The number of benzene rings is 2. The van der Waals surface area contributed by atoms with Crippen molar-refractivity contribution in [2.45, 2.75) is 45.7 Å². The Bertz CT molecular complexity index is 854. The number of amides is 2. The van der Waals surface area contributed by atoms with Crippen molar-refractivity contribution in [3.8, 4) is 11.5 Å². The molecule has 1 heterocycles. The summed E-state index contributed by atoms with van der Waals surface area (Å²) < 4.78 is 11.2. The lowest BCUT2D eigenvalue weighted by Gasteiger charge is -2.29. The molecule has 0 saturated heterocycles. The number of aryl methyl sites for hydroxylation is 1. The van der Waals surface area contributed by atoms with Crippen molar-refractivity contribution in [1.29, 1.82) is 0 Å². The van der Waals surface area contributed by atoms with Gasteiger partial charge in [-0.2, -0.15) is 0 Å². The van der Waals surface area contributed by atoms with Gasteiger partial charge in [-0.25, -0.2) is 0 Å². The third-order valence-corrected chi connectivity index (χ3v) is 5.15. The zero-order chi connectivity index (χ0) is 21.3. The average molecular weight is 411 g/mol. The van der Waals surface area contributed by atoms with Crippen LogP contribution in [0.15, 0.2) is 48.5 Å². The summed E-state index contributed by atoms with van der Waals surface area (Å²) >= 11 is 0. The van der Waals surface area contributed by atoms with Crippen LogP contribution in [0.2, 0.25) is 0 Å². The fourth-order valence-corrected chi connectivity index (χ4v) is 3.40. The second-order valence-corrected chi connectivity index (χ2v) is 7.45. The predicted octanol–water partition coefficient (Wildman–Crippen LogP) is 3.33. The van der Waals surface area contributed by atoms with Crippen LogP contribution in [0, 0.1) is 0 Å². The lowest BCUT2D eigenvalue weighted by Crippen LogP contribution is -2.47. The Morgan fingerprint density at radius 3 is 2.50 bits per heavy atom. The highest BCUT2D eigenvalue weighted by molar-refractivity contribution is 5.87. The summed E-state index contributed by atoms with van der Waals surface area (Å²) in [4.78, 5) is 27.3. The minimum absolute atomic E-state index is 0.0482. The molecular weight excluding hydrogens is 380 g/mol. The van der Waals surface area contributed by atoms with E-state index in [1.165, 1.54) is 0 Å². The molecule has 0 saturated carbocycles. The largest absolute Gasteiger partial charge is 0.486 e. The van der Waals surface area contributed by atoms with Crippen LogP contribution in [0.1, 0.15) is 37.8 Å². The van der Waals surface area contributed by atoms with Gasteiger partial charge in [0.2, 0.25) is 11.8 Å². The number of hydrogen-bond acceptors (Lipinski definition) is 4. The van der Waals surface area contributed by atoms with E-state index >= 15 is 0 Å². The van der Waals surface area contributed by atoms with Gasteiger partial charge in [-0.05, 0) is 43.0 Å². The molecule has 30 heavy (non-hydrogen) atoms. The molecule has 1 aliphatic rings. The molecule has 0 aromatic heterocycles. The van der Waals surface area contributed by atoms with Gasteiger partial charge in [0.05, 0.1) is 0 Å². The minimum atomic E-state index is -0.537. The van der Waals surface area contributed by atoms with Crippen molar-refractivity contribution < 1.29 is 19.1 Å². The normalized spacial score (nSPS) is 13.4. The molecule has 0 unspecified atom stereocenters. The first-order chi connectivity index (χ1) is 14.6. The maximum atomic E-state index is 13.1. The first-order valence-corrected chi connectivity index (χ1v) is 10.6. The van der Waals surface area contributed by atoms with Crippen LogP contribution in [0.3, 0.4) is 0 Å². The Hall–Kier alpha value is -3.02. The van der Waals surface area contributed by atoms with Crippen LogP contribution in [-0.4, -0.2) is 42.5 Å². The van der Waals surface area contributed by atoms with E-state index in [2.05, 4.69) is 5.32 Å². The van der Waals surface area contributed by atoms with Gasteiger partial charge >= 0.3 is 0 Å². The van der Waals surface area contributed by atoms with E-state index in [0.717, 1.165) is 29.0 Å². The zero-order valence-electron chi connectivity index (χ0n) is 17.7. The fourth-order valence-electron chi connectivity index (χ4n) is 3.40. The second kappa shape index (κ2) is 10.7. The summed E-state index contributed by atoms with van der Waals surface area (Å²) in [5.74, 6) is 1.29. The molecule has 6 nitrogen and oxygen atoms in total. The summed E-state index contributed by atoms with van der Waals surface area (Å²) in [6, 6.07) is 15.0. The molecule has 0 aliphatic carbocycles. The van der Waals surface area contributed by atoms with E-state index in [1.54, 1.807) is 11.8 Å². The third kappa shape index (κ3) is 5.75. The molecule has 2 amide bonds. The topological polar surface area (TPSA) is 67.9 Å². The molecule has 3 rings (SSSR count). The van der Waals surface area contributed by atoms with Crippen molar-refractivity contribution in [2.75, 3.05) is 19.8 Å². The van der Waals surface area contributed by atoms with Gasteiger partial charge in [-0.1, -0.05) is 43.3 Å². The maximum absolute atomic E-state index is 13.1. The molecule has 1 atom stereocenters. The van der Waals surface area contributed by atoms with Crippen LogP contribution in [-0.2, 0) is 22.6 Å². The minimum Gasteiger partial charge on any atom is -0.486 e. The van der Waals surface area contributed by atoms with Gasteiger partial charge in [0.25, 0.3) is 0 Å². The molecule has 2 aromatic rings. The van der Waals surface area contributed by atoms with Crippen molar-refractivity contribution in [1.82, 2.24) is 10.2 Å². The van der Waals surface area contributed by atoms with Crippen LogP contribution in [0.4, 0.5) is 0 Å². The summed E-state index contributed by atoms with van der Waals surface area (Å²) in [5, 5.41) is 2.90. The summed E-state index contributed by atoms with van der Waals surface area (Å²) in [5.41, 5.74) is 2.01. The van der Waals surface area contributed by atoms with E-state index in [1.807, 2.05) is 55.5 Å². The second-order valence-electron chi connectivity index (χ2n) is 7.45. The number of carbonyl (C=O) groups is 2. The molecule has 2 aromatic carbocycles. The standard InChI is InChI=1S/C24H30N2O4/c1-3-13-25-24(28)18(2)26(17-20-7-5-4-6-8-20)23(27)12-10-19-9-11-21-22(16-19)30-15-14-29-21/h4-9,11,16,18H,3,10,12-15,17H2,1-2H3,(H,25,28)/t18-/m0/s1. The van der Waals surface area contributed by atoms with Gasteiger partial charge in [0.1, 0.15) is 19.3 Å². The lowest BCUT2D eigenvalue weighted by molar-refractivity contribution is -0.140. The van der Waals surface area contributed by atoms with Crippen molar-refractivity contribution >= 4 is 11.8 Å². The van der Waals surface area contributed by atoms with Gasteiger partial charge in [0, 0.05) is 19.5 Å². The highest BCUT2D eigenvalue weighted by Gasteiger charge is 2.25.